The molecule has 5 rings (SSSR count). The van der Waals surface area contributed by atoms with E-state index in [1.54, 1.807) is 12.4 Å². The summed E-state index contributed by atoms with van der Waals surface area (Å²) in [6.07, 6.45) is 8.53. The molecule has 1 aromatic carbocycles. The van der Waals surface area contributed by atoms with E-state index >= 15 is 0 Å². The van der Waals surface area contributed by atoms with Gasteiger partial charge >= 0.3 is 0 Å². The molecule has 4 heterocycles. The van der Waals surface area contributed by atoms with Crippen molar-refractivity contribution in [2.24, 2.45) is 0 Å². The second-order valence-corrected chi connectivity index (χ2v) is 6.53. The van der Waals surface area contributed by atoms with Gasteiger partial charge in [0.15, 0.2) is 0 Å². The summed E-state index contributed by atoms with van der Waals surface area (Å²) in [6.45, 7) is 0.485. The number of nitrogens with zero attached hydrogens (tertiary/aromatic N) is 5. The molecule has 0 aliphatic carbocycles. The van der Waals surface area contributed by atoms with E-state index in [1.807, 2.05) is 35.0 Å². The molecule has 1 saturated heterocycles. The Kier molecular flexibility index (Phi) is 3.83. The fourth-order valence-corrected chi connectivity index (χ4v) is 3.46. The first-order valence-corrected chi connectivity index (χ1v) is 8.84. The molecule has 1 aliphatic rings. The Morgan fingerprint density at radius 2 is 1.96 bits per heavy atom. The van der Waals surface area contributed by atoms with Gasteiger partial charge in [0.25, 0.3) is 0 Å². The minimum absolute atomic E-state index is 0.0178. The zero-order chi connectivity index (χ0) is 18.2. The van der Waals surface area contributed by atoms with Crippen LogP contribution in [0.1, 0.15) is 19.1 Å². The minimum Gasteiger partial charge on any atom is -0.491 e. The number of hydrogen-bond donors (Lipinski definition) is 1. The molecule has 0 radical (unpaired) electrons. The number of nitrogens with two attached hydrogens (primary N) is 1. The Labute approximate surface area is 155 Å². The molecule has 2 atom stereocenters. The van der Waals surface area contributed by atoms with Gasteiger partial charge in [0, 0.05) is 24.7 Å². The number of anilines is 1. The summed E-state index contributed by atoms with van der Waals surface area (Å²) in [6, 6.07) is 7.64. The van der Waals surface area contributed by atoms with Gasteiger partial charge in [-0.3, -0.25) is 9.97 Å². The van der Waals surface area contributed by atoms with Crippen molar-refractivity contribution >= 4 is 27.9 Å². The van der Waals surface area contributed by atoms with E-state index in [1.165, 1.54) is 6.33 Å². The van der Waals surface area contributed by atoms with Crippen LogP contribution >= 0.6 is 0 Å². The van der Waals surface area contributed by atoms with Gasteiger partial charge in [-0.2, -0.15) is 0 Å². The van der Waals surface area contributed by atoms with Crippen LogP contribution in [0.25, 0.3) is 22.1 Å². The monoisotopic (exact) mass is 362 g/mol. The second-order valence-electron chi connectivity index (χ2n) is 6.53. The Balaban J connectivity index is 1.27. The normalized spacial score (nSPS) is 19.7. The number of hydrogen-bond acceptors (Lipinski definition) is 7. The predicted octanol–water partition coefficient (Wildman–Crippen LogP) is 2.71. The lowest BCUT2D eigenvalue weighted by Gasteiger charge is -2.16. The van der Waals surface area contributed by atoms with Crippen LogP contribution in [0.15, 0.2) is 49.2 Å². The van der Waals surface area contributed by atoms with Crippen molar-refractivity contribution in [1.82, 2.24) is 24.5 Å². The van der Waals surface area contributed by atoms with Crippen molar-refractivity contribution in [2.75, 3.05) is 12.3 Å². The molecule has 4 aromatic rings. The van der Waals surface area contributed by atoms with Gasteiger partial charge in [0.1, 0.15) is 36.4 Å². The topological polar surface area (TPSA) is 101 Å². The largest absolute Gasteiger partial charge is 0.491 e. The molecule has 1 aliphatic heterocycles. The van der Waals surface area contributed by atoms with Crippen molar-refractivity contribution in [3.63, 3.8) is 0 Å². The van der Waals surface area contributed by atoms with E-state index in [9.17, 15) is 0 Å². The third kappa shape index (κ3) is 2.93. The van der Waals surface area contributed by atoms with E-state index in [0.717, 1.165) is 40.7 Å². The first-order valence-electron chi connectivity index (χ1n) is 8.84. The molecule has 0 amide bonds. The fourth-order valence-electron chi connectivity index (χ4n) is 3.46. The van der Waals surface area contributed by atoms with E-state index in [-0.39, 0.29) is 12.3 Å². The lowest BCUT2D eigenvalue weighted by atomic mass is 10.2. The van der Waals surface area contributed by atoms with Crippen molar-refractivity contribution in [3.8, 4) is 5.75 Å². The summed E-state index contributed by atoms with van der Waals surface area (Å²) < 4.78 is 14.1. The van der Waals surface area contributed by atoms with Crippen LogP contribution in [-0.4, -0.2) is 37.2 Å². The van der Waals surface area contributed by atoms with Crippen LogP contribution in [0.4, 0.5) is 5.82 Å². The van der Waals surface area contributed by atoms with Gasteiger partial charge in [-0.1, -0.05) is 0 Å². The summed E-state index contributed by atoms with van der Waals surface area (Å²) in [7, 11) is 0. The molecule has 0 bridgehead atoms. The quantitative estimate of drug-likeness (QED) is 0.595. The van der Waals surface area contributed by atoms with Crippen molar-refractivity contribution < 1.29 is 9.47 Å². The van der Waals surface area contributed by atoms with Crippen molar-refractivity contribution in [1.29, 1.82) is 0 Å². The summed E-state index contributed by atoms with van der Waals surface area (Å²) >= 11 is 0. The molecule has 0 saturated carbocycles. The number of ether oxygens (including phenoxy) is 2. The Hall–Kier alpha value is -3.26. The third-order valence-electron chi connectivity index (χ3n) is 4.81. The molecule has 2 N–H and O–H groups in total. The number of nitrogen functional groups attached to an aromatic ring is 1. The standard InChI is InChI=1S/C19H18N6O2/c20-18-14-5-8-25(19(14)24-11-23-18)17-4-2-13(27-17)10-26-12-1-3-15-16(9-12)22-7-6-21-15/h1,3,5-9,11,13,17H,2,4,10H2,(H2,20,23,24)/t13-,17+/m0/s1. The van der Waals surface area contributed by atoms with E-state index < -0.39 is 0 Å². The molecule has 0 spiro atoms. The van der Waals surface area contributed by atoms with Gasteiger partial charge in [-0.05, 0) is 31.0 Å². The molecule has 3 aromatic heterocycles. The Morgan fingerprint density at radius 3 is 2.89 bits per heavy atom. The molecule has 136 valence electrons. The number of rotatable bonds is 4. The number of benzene rings is 1. The Bertz CT molecular complexity index is 1110. The van der Waals surface area contributed by atoms with Crippen LogP contribution in [0, 0.1) is 0 Å². The van der Waals surface area contributed by atoms with Gasteiger partial charge in [-0.15, -0.1) is 0 Å². The van der Waals surface area contributed by atoms with Crippen LogP contribution in [0.5, 0.6) is 5.75 Å². The first-order chi connectivity index (χ1) is 13.3. The maximum absolute atomic E-state index is 6.17. The molecular weight excluding hydrogens is 344 g/mol. The smallest absolute Gasteiger partial charge is 0.147 e. The lowest BCUT2D eigenvalue weighted by Crippen LogP contribution is -2.18. The van der Waals surface area contributed by atoms with E-state index in [0.29, 0.717) is 12.4 Å². The molecule has 8 nitrogen and oxygen atoms in total. The fraction of sp³-hybridized carbons (Fsp3) is 0.263. The Morgan fingerprint density at radius 1 is 1.07 bits per heavy atom. The number of fused-ring (bicyclic) bond motifs is 2. The van der Waals surface area contributed by atoms with Crippen LogP contribution in [0.2, 0.25) is 0 Å². The molecule has 1 fully saturated rings. The summed E-state index contributed by atoms with van der Waals surface area (Å²) in [5, 5.41) is 0.845. The molecule has 27 heavy (non-hydrogen) atoms. The van der Waals surface area contributed by atoms with Crippen LogP contribution < -0.4 is 10.5 Å². The van der Waals surface area contributed by atoms with E-state index in [2.05, 4.69) is 19.9 Å². The maximum atomic E-state index is 6.17. The summed E-state index contributed by atoms with van der Waals surface area (Å²) in [5.74, 6) is 1.25. The predicted molar refractivity (Wildman–Crippen MR) is 100 cm³/mol. The van der Waals surface area contributed by atoms with Gasteiger partial charge in [-0.25, -0.2) is 9.97 Å². The van der Waals surface area contributed by atoms with Crippen molar-refractivity contribution in [3.05, 3.63) is 49.2 Å². The average Bonchev–Trinajstić information content (AvgIpc) is 3.33. The van der Waals surface area contributed by atoms with Crippen LogP contribution in [0.3, 0.4) is 0 Å². The second kappa shape index (κ2) is 6.48. The highest BCUT2D eigenvalue weighted by molar-refractivity contribution is 5.86. The highest BCUT2D eigenvalue weighted by Gasteiger charge is 2.28. The molecule has 0 unspecified atom stereocenters. The van der Waals surface area contributed by atoms with E-state index in [4.69, 9.17) is 15.2 Å². The minimum atomic E-state index is -0.0760. The highest BCUT2D eigenvalue weighted by Crippen LogP contribution is 2.32. The highest BCUT2D eigenvalue weighted by atomic mass is 16.6. The average molecular weight is 362 g/mol. The molecular formula is C19H18N6O2. The van der Waals surface area contributed by atoms with Crippen molar-refractivity contribution in [2.45, 2.75) is 25.2 Å². The molecule has 8 heteroatoms. The van der Waals surface area contributed by atoms with Crippen LogP contribution in [-0.2, 0) is 4.74 Å². The maximum Gasteiger partial charge on any atom is 0.147 e. The lowest BCUT2D eigenvalue weighted by molar-refractivity contribution is -0.0156. The van der Waals surface area contributed by atoms with Gasteiger partial charge in [0.2, 0.25) is 0 Å². The zero-order valence-corrected chi connectivity index (χ0v) is 14.5. The summed E-state index contributed by atoms with van der Waals surface area (Å²) in [4.78, 5) is 16.9. The SMILES string of the molecule is Nc1ncnc2c1ccn2[C@H]1CC[C@@H](COc2ccc3nccnc3c2)O1. The first kappa shape index (κ1) is 16.0. The number of aromatic nitrogens is 5. The third-order valence-corrected chi connectivity index (χ3v) is 4.81. The summed E-state index contributed by atoms with van der Waals surface area (Å²) in [5.41, 5.74) is 8.37. The zero-order valence-electron chi connectivity index (χ0n) is 14.5. The van der Waals surface area contributed by atoms with Gasteiger partial charge < -0.3 is 19.8 Å². The van der Waals surface area contributed by atoms with Gasteiger partial charge in [0.05, 0.1) is 22.5 Å².